The monoisotopic (exact) mass is 300 g/mol. The van der Waals surface area contributed by atoms with Gasteiger partial charge in [-0.1, -0.05) is 24.3 Å². The molecule has 6 heteroatoms. The molecule has 1 unspecified atom stereocenters. The molecule has 106 valence electrons. The van der Waals surface area contributed by atoms with Crippen LogP contribution in [0.3, 0.4) is 0 Å². The molecule has 0 aliphatic carbocycles. The van der Waals surface area contributed by atoms with Crippen LogP contribution in [0.5, 0.6) is 0 Å². The van der Waals surface area contributed by atoms with Crippen molar-refractivity contribution in [2.75, 3.05) is 0 Å². The number of carbonyl (C=O) groups is 2. The van der Waals surface area contributed by atoms with Gasteiger partial charge in [0.2, 0.25) is 0 Å². The molecule has 5 nitrogen and oxygen atoms in total. The van der Waals surface area contributed by atoms with Crippen molar-refractivity contribution < 1.29 is 18.4 Å². The SMILES string of the molecule is O=C1c2ccccc2C(=O)N1Cc1cccc(S(=O)[O-])c1. The van der Waals surface area contributed by atoms with Gasteiger partial charge in [-0.2, -0.15) is 0 Å². The molecule has 1 aliphatic rings. The fraction of sp³-hybridized carbons (Fsp3) is 0.0667. The van der Waals surface area contributed by atoms with Gasteiger partial charge in [-0.15, -0.1) is 0 Å². The van der Waals surface area contributed by atoms with Crippen molar-refractivity contribution in [1.29, 1.82) is 0 Å². The van der Waals surface area contributed by atoms with E-state index in [9.17, 15) is 18.4 Å². The van der Waals surface area contributed by atoms with Crippen LogP contribution in [0.4, 0.5) is 0 Å². The lowest BCUT2D eigenvalue weighted by atomic mass is 10.1. The number of rotatable bonds is 3. The maximum Gasteiger partial charge on any atom is 0.261 e. The van der Waals surface area contributed by atoms with Crippen LogP contribution in [0.15, 0.2) is 53.4 Å². The molecule has 0 radical (unpaired) electrons. The standard InChI is InChI=1S/C15H11NO4S/c17-14-12-6-1-2-7-13(12)15(18)16(14)9-10-4-3-5-11(8-10)21(19)20/h1-8H,9H2,(H,19,20)/p-1. The Morgan fingerprint density at radius 1 is 0.952 bits per heavy atom. The average Bonchev–Trinajstić information content (AvgIpc) is 2.73. The fourth-order valence-corrected chi connectivity index (χ4v) is 2.75. The van der Waals surface area contributed by atoms with E-state index in [4.69, 9.17) is 0 Å². The van der Waals surface area contributed by atoms with E-state index in [0.717, 1.165) is 4.90 Å². The summed E-state index contributed by atoms with van der Waals surface area (Å²) < 4.78 is 21.9. The maximum absolute atomic E-state index is 12.2. The summed E-state index contributed by atoms with van der Waals surface area (Å²) in [5.41, 5.74) is 1.35. The average molecular weight is 300 g/mol. The van der Waals surface area contributed by atoms with Gasteiger partial charge in [-0.3, -0.25) is 18.7 Å². The third-order valence-electron chi connectivity index (χ3n) is 3.31. The van der Waals surface area contributed by atoms with E-state index in [1.165, 1.54) is 12.1 Å². The Balaban J connectivity index is 1.90. The van der Waals surface area contributed by atoms with Crippen molar-refractivity contribution in [3.8, 4) is 0 Å². The number of benzene rings is 2. The Kier molecular flexibility index (Phi) is 3.40. The Bertz CT molecular complexity index is 737. The Labute approximate surface area is 123 Å². The lowest BCUT2D eigenvalue weighted by Crippen LogP contribution is -2.29. The van der Waals surface area contributed by atoms with Crippen molar-refractivity contribution in [2.24, 2.45) is 0 Å². The zero-order chi connectivity index (χ0) is 15.0. The van der Waals surface area contributed by atoms with Crippen LogP contribution in [-0.2, 0) is 17.6 Å². The van der Waals surface area contributed by atoms with Crippen molar-refractivity contribution in [1.82, 2.24) is 4.90 Å². The van der Waals surface area contributed by atoms with Gasteiger partial charge in [0.1, 0.15) is 0 Å². The lowest BCUT2D eigenvalue weighted by Gasteiger charge is -2.15. The van der Waals surface area contributed by atoms with E-state index < -0.39 is 11.1 Å². The number of carbonyl (C=O) groups excluding carboxylic acids is 2. The molecule has 2 amide bonds. The van der Waals surface area contributed by atoms with E-state index in [1.54, 1.807) is 36.4 Å². The van der Waals surface area contributed by atoms with Gasteiger partial charge in [0.15, 0.2) is 0 Å². The first kappa shape index (κ1) is 13.7. The molecule has 0 aromatic heterocycles. The highest BCUT2D eigenvalue weighted by atomic mass is 32.2. The van der Waals surface area contributed by atoms with Gasteiger partial charge >= 0.3 is 0 Å². The molecule has 0 saturated carbocycles. The van der Waals surface area contributed by atoms with Crippen molar-refractivity contribution in [2.45, 2.75) is 11.4 Å². The van der Waals surface area contributed by atoms with Crippen LogP contribution in [0.1, 0.15) is 26.3 Å². The van der Waals surface area contributed by atoms with Crippen LogP contribution in [-0.4, -0.2) is 25.5 Å². The summed E-state index contributed by atoms with van der Waals surface area (Å²) in [5, 5.41) is 0. The molecule has 0 bridgehead atoms. The van der Waals surface area contributed by atoms with Crippen LogP contribution in [0.2, 0.25) is 0 Å². The minimum Gasteiger partial charge on any atom is -0.768 e. The quantitative estimate of drug-likeness (QED) is 0.639. The maximum atomic E-state index is 12.2. The number of hydrogen-bond donors (Lipinski definition) is 0. The first-order valence-corrected chi connectivity index (χ1v) is 7.29. The Morgan fingerprint density at radius 3 is 2.14 bits per heavy atom. The number of amides is 2. The molecular formula is C15H10NO4S-. The molecule has 1 atom stereocenters. The Morgan fingerprint density at radius 2 is 1.57 bits per heavy atom. The number of hydrogen-bond acceptors (Lipinski definition) is 4. The first-order chi connectivity index (χ1) is 10.1. The van der Waals surface area contributed by atoms with E-state index in [2.05, 4.69) is 0 Å². The number of nitrogens with zero attached hydrogens (tertiary/aromatic N) is 1. The molecule has 21 heavy (non-hydrogen) atoms. The topological polar surface area (TPSA) is 77.5 Å². The second kappa shape index (κ2) is 5.23. The molecular weight excluding hydrogens is 290 g/mol. The largest absolute Gasteiger partial charge is 0.768 e. The molecule has 1 heterocycles. The predicted octanol–water partition coefficient (Wildman–Crippen LogP) is 1.72. The second-order valence-electron chi connectivity index (χ2n) is 4.62. The summed E-state index contributed by atoms with van der Waals surface area (Å²) in [4.78, 5) is 25.7. The zero-order valence-corrected chi connectivity index (χ0v) is 11.6. The lowest BCUT2D eigenvalue weighted by molar-refractivity contribution is 0.0642. The van der Waals surface area contributed by atoms with Crippen LogP contribution >= 0.6 is 0 Å². The molecule has 0 spiro atoms. The Hall–Kier alpha value is -2.31. The van der Waals surface area contributed by atoms with E-state index in [-0.39, 0.29) is 23.3 Å². The van der Waals surface area contributed by atoms with E-state index >= 15 is 0 Å². The zero-order valence-electron chi connectivity index (χ0n) is 10.8. The molecule has 0 fully saturated rings. The minimum absolute atomic E-state index is 0.0530. The summed E-state index contributed by atoms with van der Waals surface area (Å²) in [5.74, 6) is -0.714. The summed E-state index contributed by atoms with van der Waals surface area (Å²) >= 11 is -2.34. The summed E-state index contributed by atoms with van der Waals surface area (Å²) in [6.45, 7) is 0.0530. The smallest absolute Gasteiger partial charge is 0.261 e. The van der Waals surface area contributed by atoms with Crippen molar-refractivity contribution in [3.05, 3.63) is 65.2 Å². The third-order valence-corrected chi connectivity index (χ3v) is 3.95. The van der Waals surface area contributed by atoms with Gasteiger partial charge < -0.3 is 4.55 Å². The second-order valence-corrected chi connectivity index (χ2v) is 5.56. The van der Waals surface area contributed by atoms with Crippen LogP contribution in [0.25, 0.3) is 0 Å². The normalized spacial score (nSPS) is 15.2. The highest BCUT2D eigenvalue weighted by molar-refractivity contribution is 7.79. The predicted molar refractivity (Wildman–Crippen MR) is 74.3 cm³/mol. The minimum atomic E-state index is -2.34. The van der Waals surface area contributed by atoms with Crippen molar-refractivity contribution in [3.63, 3.8) is 0 Å². The van der Waals surface area contributed by atoms with E-state index in [0.29, 0.717) is 16.7 Å². The van der Waals surface area contributed by atoms with Crippen LogP contribution in [0, 0.1) is 0 Å². The van der Waals surface area contributed by atoms with Gasteiger partial charge in [0.25, 0.3) is 11.8 Å². The highest BCUT2D eigenvalue weighted by Crippen LogP contribution is 2.24. The van der Waals surface area contributed by atoms with Crippen molar-refractivity contribution >= 4 is 22.9 Å². The molecule has 0 saturated heterocycles. The summed E-state index contributed by atoms with van der Waals surface area (Å²) in [7, 11) is 0. The molecule has 1 aliphatic heterocycles. The van der Waals surface area contributed by atoms with Crippen LogP contribution < -0.4 is 0 Å². The number of fused-ring (bicyclic) bond motifs is 1. The third kappa shape index (κ3) is 2.39. The number of imide groups is 1. The first-order valence-electron chi connectivity index (χ1n) is 6.21. The molecule has 3 rings (SSSR count). The van der Waals surface area contributed by atoms with Gasteiger partial charge in [0, 0.05) is 4.90 Å². The molecule has 0 N–H and O–H groups in total. The van der Waals surface area contributed by atoms with Gasteiger partial charge in [-0.25, -0.2) is 0 Å². The molecule has 2 aromatic carbocycles. The summed E-state index contributed by atoms with van der Waals surface area (Å²) in [6, 6.07) is 12.8. The van der Waals surface area contributed by atoms with E-state index in [1.807, 2.05) is 0 Å². The van der Waals surface area contributed by atoms with Gasteiger partial charge in [-0.05, 0) is 40.9 Å². The van der Waals surface area contributed by atoms with Gasteiger partial charge in [0.05, 0.1) is 17.7 Å². The highest BCUT2D eigenvalue weighted by Gasteiger charge is 2.34. The summed E-state index contributed by atoms with van der Waals surface area (Å²) in [6.07, 6.45) is 0. The molecule has 2 aromatic rings. The fourth-order valence-electron chi connectivity index (χ4n) is 2.31.